The molecule has 0 spiro atoms. The van der Waals surface area contributed by atoms with Crippen LogP contribution in [0.3, 0.4) is 0 Å². The molecule has 3 nitrogen and oxygen atoms in total. The zero-order valence-electron chi connectivity index (χ0n) is 12.7. The molecule has 110 valence electrons. The lowest BCUT2D eigenvalue weighted by molar-refractivity contribution is -0.103. The van der Waals surface area contributed by atoms with E-state index in [-0.39, 0.29) is 18.2 Å². The molecular weight excluding hydrogens is 236 g/mol. The first-order chi connectivity index (χ1) is 8.84. The predicted molar refractivity (Wildman–Crippen MR) is 77.7 cm³/mol. The molecule has 0 aromatic heterocycles. The minimum absolute atomic E-state index is 0.134. The Morgan fingerprint density at radius 2 is 1.74 bits per heavy atom. The minimum Gasteiger partial charge on any atom is -0.373 e. The molecule has 3 fully saturated rings. The molecule has 3 heteroatoms. The molecule has 2 bridgehead atoms. The zero-order chi connectivity index (χ0) is 13.8. The van der Waals surface area contributed by atoms with Crippen molar-refractivity contribution in [1.82, 2.24) is 0 Å². The number of ether oxygens (including phenoxy) is 1. The van der Waals surface area contributed by atoms with E-state index < -0.39 is 0 Å². The number of hydrogen-bond acceptors (Lipinski definition) is 3. The molecule has 0 aromatic carbocycles. The van der Waals surface area contributed by atoms with Crippen LogP contribution in [0.25, 0.3) is 0 Å². The van der Waals surface area contributed by atoms with Gasteiger partial charge in [-0.1, -0.05) is 20.8 Å². The van der Waals surface area contributed by atoms with Crippen molar-refractivity contribution in [3.05, 3.63) is 0 Å². The maximum atomic E-state index is 6.50. The van der Waals surface area contributed by atoms with Gasteiger partial charge in [0.1, 0.15) is 0 Å². The Kier molecular flexibility index (Phi) is 3.23. The molecule has 3 aliphatic rings. The fourth-order valence-electron chi connectivity index (χ4n) is 4.93. The molecule has 3 saturated carbocycles. The molecule has 0 amide bonds. The van der Waals surface area contributed by atoms with Gasteiger partial charge in [0.05, 0.1) is 12.2 Å². The van der Waals surface area contributed by atoms with Crippen molar-refractivity contribution >= 4 is 0 Å². The first-order valence-corrected chi connectivity index (χ1v) is 8.01. The van der Waals surface area contributed by atoms with Crippen molar-refractivity contribution < 1.29 is 4.74 Å². The van der Waals surface area contributed by atoms with Gasteiger partial charge in [0.25, 0.3) is 0 Å². The summed E-state index contributed by atoms with van der Waals surface area (Å²) in [6.45, 7) is 7.31. The van der Waals surface area contributed by atoms with Crippen molar-refractivity contribution in [2.45, 2.75) is 83.6 Å². The largest absolute Gasteiger partial charge is 0.373 e. The standard InChI is InChI=1S/C16H30N2O/c1-15(2)10-6-7-16(15,3)14(8-10)19-13-5-4-11(17)9-12(13)18/h10-14H,4-9,17-18H2,1-3H3. The predicted octanol–water partition coefficient (Wildman–Crippen LogP) is 2.42. The monoisotopic (exact) mass is 266 g/mol. The second kappa shape index (κ2) is 4.44. The van der Waals surface area contributed by atoms with E-state index in [2.05, 4.69) is 20.8 Å². The van der Waals surface area contributed by atoms with Gasteiger partial charge in [-0.05, 0) is 55.3 Å². The maximum absolute atomic E-state index is 6.50. The lowest BCUT2D eigenvalue weighted by Crippen LogP contribution is -2.49. The highest BCUT2D eigenvalue weighted by Gasteiger charge is 2.62. The van der Waals surface area contributed by atoms with Gasteiger partial charge in [-0.3, -0.25) is 0 Å². The number of fused-ring (bicyclic) bond motifs is 2. The third-order valence-corrected chi connectivity index (χ3v) is 6.93. The highest BCUT2D eigenvalue weighted by Crippen LogP contribution is 2.66. The van der Waals surface area contributed by atoms with Gasteiger partial charge in [0, 0.05) is 12.1 Å². The van der Waals surface area contributed by atoms with Gasteiger partial charge in [0.15, 0.2) is 0 Å². The third kappa shape index (κ3) is 1.97. The van der Waals surface area contributed by atoms with Gasteiger partial charge in [-0.15, -0.1) is 0 Å². The van der Waals surface area contributed by atoms with Crippen LogP contribution in [0.1, 0.15) is 59.3 Å². The average molecular weight is 266 g/mol. The summed E-state index contributed by atoms with van der Waals surface area (Å²) in [5, 5.41) is 0. The third-order valence-electron chi connectivity index (χ3n) is 6.93. The summed E-state index contributed by atoms with van der Waals surface area (Å²) in [7, 11) is 0. The Morgan fingerprint density at radius 3 is 2.26 bits per heavy atom. The molecule has 4 N–H and O–H groups in total. The van der Waals surface area contributed by atoms with E-state index in [1.807, 2.05) is 0 Å². The summed E-state index contributed by atoms with van der Waals surface area (Å²) in [6, 6.07) is 0.413. The lowest BCUT2D eigenvalue weighted by atomic mass is 9.70. The SMILES string of the molecule is CC1(C)C2CCC1(C)C(OC1CCC(N)CC1N)C2. The van der Waals surface area contributed by atoms with E-state index in [0.29, 0.717) is 16.9 Å². The maximum Gasteiger partial charge on any atom is 0.0731 e. The number of nitrogens with two attached hydrogens (primary N) is 2. The Balaban J connectivity index is 1.69. The van der Waals surface area contributed by atoms with Crippen LogP contribution in [0, 0.1) is 16.7 Å². The average Bonchev–Trinajstić information content (AvgIpc) is 2.65. The van der Waals surface area contributed by atoms with Crippen molar-refractivity contribution in [3.63, 3.8) is 0 Å². The van der Waals surface area contributed by atoms with Crippen LogP contribution >= 0.6 is 0 Å². The van der Waals surface area contributed by atoms with Crippen LogP contribution < -0.4 is 11.5 Å². The summed E-state index contributed by atoms with van der Waals surface area (Å²) in [5.41, 5.74) is 13.0. The molecule has 0 heterocycles. The van der Waals surface area contributed by atoms with Crippen LogP contribution in [-0.2, 0) is 4.74 Å². The minimum atomic E-state index is 0.134. The van der Waals surface area contributed by atoms with Crippen LogP contribution in [-0.4, -0.2) is 24.3 Å². The highest BCUT2D eigenvalue weighted by atomic mass is 16.5. The summed E-state index contributed by atoms with van der Waals surface area (Å²) >= 11 is 0. The molecule has 3 aliphatic carbocycles. The van der Waals surface area contributed by atoms with Gasteiger partial charge in [0.2, 0.25) is 0 Å². The summed E-state index contributed by atoms with van der Waals surface area (Å²) in [5.74, 6) is 0.838. The van der Waals surface area contributed by atoms with E-state index in [1.54, 1.807) is 0 Å². The van der Waals surface area contributed by atoms with E-state index in [1.165, 1.54) is 19.3 Å². The lowest BCUT2D eigenvalue weighted by Gasteiger charge is -2.42. The summed E-state index contributed by atoms with van der Waals surface area (Å²) in [4.78, 5) is 0. The highest BCUT2D eigenvalue weighted by molar-refractivity contribution is 5.11. The summed E-state index contributed by atoms with van der Waals surface area (Å²) in [6.07, 6.45) is 7.60. The van der Waals surface area contributed by atoms with Crippen molar-refractivity contribution in [2.75, 3.05) is 0 Å². The molecule has 6 atom stereocenters. The van der Waals surface area contributed by atoms with E-state index >= 15 is 0 Å². The van der Waals surface area contributed by atoms with Crippen LogP contribution in [0.4, 0.5) is 0 Å². The molecule has 19 heavy (non-hydrogen) atoms. The van der Waals surface area contributed by atoms with Crippen molar-refractivity contribution in [2.24, 2.45) is 28.2 Å². The Labute approximate surface area is 117 Å². The molecule has 0 radical (unpaired) electrons. The van der Waals surface area contributed by atoms with Crippen molar-refractivity contribution in [3.8, 4) is 0 Å². The van der Waals surface area contributed by atoms with Crippen LogP contribution in [0.15, 0.2) is 0 Å². The van der Waals surface area contributed by atoms with Crippen molar-refractivity contribution in [1.29, 1.82) is 0 Å². The second-order valence-electron chi connectivity index (χ2n) is 8.01. The summed E-state index contributed by atoms with van der Waals surface area (Å²) < 4.78 is 6.50. The molecule has 0 aliphatic heterocycles. The molecular formula is C16H30N2O. The second-order valence-corrected chi connectivity index (χ2v) is 8.01. The van der Waals surface area contributed by atoms with Gasteiger partial charge in [-0.25, -0.2) is 0 Å². The Morgan fingerprint density at radius 1 is 1.00 bits per heavy atom. The fraction of sp³-hybridized carbons (Fsp3) is 1.00. The van der Waals surface area contributed by atoms with E-state index in [4.69, 9.17) is 16.2 Å². The van der Waals surface area contributed by atoms with Gasteiger partial charge < -0.3 is 16.2 Å². The van der Waals surface area contributed by atoms with Gasteiger partial charge in [-0.2, -0.15) is 0 Å². The zero-order valence-corrected chi connectivity index (χ0v) is 12.7. The van der Waals surface area contributed by atoms with Crippen LogP contribution in [0.5, 0.6) is 0 Å². The van der Waals surface area contributed by atoms with Crippen LogP contribution in [0.2, 0.25) is 0 Å². The van der Waals surface area contributed by atoms with E-state index in [0.717, 1.165) is 25.2 Å². The van der Waals surface area contributed by atoms with Gasteiger partial charge >= 0.3 is 0 Å². The van der Waals surface area contributed by atoms with E-state index in [9.17, 15) is 0 Å². The number of hydrogen-bond donors (Lipinski definition) is 2. The first kappa shape index (κ1) is 13.8. The topological polar surface area (TPSA) is 61.3 Å². The number of rotatable bonds is 2. The molecule has 0 saturated heterocycles. The fourth-order valence-corrected chi connectivity index (χ4v) is 4.93. The smallest absolute Gasteiger partial charge is 0.0731 e. The Hall–Kier alpha value is -0.120. The Bertz CT molecular complexity index is 357. The molecule has 6 unspecified atom stereocenters. The molecule has 3 rings (SSSR count). The quantitative estimate of drug-likeness (QED) is 0.807. The first-order valence-electron chi connectivity index (χ1n) is 8.01. The normalized spacial score (nSPS) is 52.6. The molecule has 0 aromatic rings.